The van der Waals surface area contributed by atoms with Crippen LogP contribution in [0.3, 0.4) is 0 Å². The lowest BCUT2D eigenvalue weighted by atomic mass is 10.0. The van der Waals surface area contributed by atoms with E-state index in [2.05, 4.69) is 30.6 Å². The normalized spacial score (nSPS) is 11.1. The molecule has 0 saturated carbocycles. The molecule has 3 heterocycles. The summed E-state index contributed by atoms with van der Waals surface area (Å²) in [5, 5.41) is 5.84. The van der Waals surface area contributed by atoms with Crippen molar-refractivity contribution in [3.63, 3.8) is 0 Å². The Balaban J connectivity index is 1.50. The molecule has 198 valence electrons. The van der Waals surface area contributed by atoms with Gasteiger partial charge in [-0.05, 0) is 55.6 Å². The number of aromatic nitrogens is 5. The van der Waals surface area contributed by atoms with Gasteiger partial charge in [0.05, 0.1) is 35.3 Å². The molecule has 0 saturated heterocycles. The number of nitrogens with two attached hydrogens (primary N) is 1. The SMILES string of the molecule is CNCCOc1cccnc1CNC(=O)c1nc(-c2ccc3ncn(C)c3c2)c(-c2ccc(F)cc2)nc1N. The van der Waals surface area contributed by atoms with Gasteiger partial charge in [0.15, 0.2) is 11.5 Å². The number of carbonyl (C=O) groups is 1. The van der Waals surface area contributed by atoms with E-state index >= 15 is 0 Å². The maximum atomic E-state index is 13.7. The number of nitrogens with zero attached hydrogens (tertiary/aromatic N) is 5. The van der Waals surface area contributed by atoms with Crippen LogP contribution in [-0.2, 0) is 13.6 Å². The minimum absolute atomic E-state index is 0.0328. The van der Waals surface area contributed by atoms with Crippen LogP contribution >= 0.6 is 0 Å². The van der Waals surface area contributed by atoms with Gasteiger partial charge in [-0.15, -0.1) is 0 Å². The Morgan fingerprint density at radius 3 is 2.62 bits per heavy atom. The van der Waals surface area contributed by atoms with Gasteiger partial charge < -0.3 is 25.7 Å². The summed E-state index contributed by atoms with van der Waals surface area (Å²) in [6, 6.07) is 15.1. The van der Waals surface area contributed by atoms with Crippen molar-refractivity contribution in [2.75, 3.05) is 25.9 Å². The molecule has 3 aromatic heterocycles. The van der Waals surface area contributed by atoms with Crippen LogP contribution in [0.4, 0.5) is 10.2 Å². The fourth-order valence-electron chi connectivity index (χ4n) is 4.10. The van der Waals surface area contributed by atoms with Gasteiger partial charge in [-0.25, -0.2) is 19.3 Å². The number of amides is 1. The number of nitrogen functional groups attached to an aromatic ring is 1. The quantitative estimate of drug-likeness (QED) is 0.249. The first-order valence-corrected chi connectivity index (χ1v) is 12.3. The molecule has 0 atom stereocenters. The average Bonchev–Trinajstić information content (AvgIpc) is 3.32. The first kappa shape index (κ1) is 25.7. The summed E-state index contributed by atoms with van der Waals surface area (Å²) in [5.74, 6) is -0.370. The fraction of sp³-hybridized carbons (Fsp3) is 0.179. The van der Waals surface area contributed by atoms with Crippen LogP contribution in [0.5, 0.6) is 5.75 Å². The van der Waals surface area contributed by atoms with E-state index in [9.17, 15) is 9.18 Å². The lowest BCUT2D eigenvalue weighted by molar-refractivity contribution is 0.0946. The molecular weight excluding hydrogens is 499 g/mol. The number of pyridine rings is 1. The Kier molecular flexibility index (Phi) is 7.41. The van der Waals surface area contributed by atoms with Crippen LogP contribution in [0.15, 0.2) is 67.1 Å². The highest BCUT2D eigenvalue weighted by atomic mass is 19.1. The molecule has 0 bridgehead atoms. The fourth-order valence-corrected chi connectivity index (χ4v) is 4.10. The van der Waals surface area contributed by atoms with Crippen molar-refractivity contribution in [2.24, 2.45) is 7.05 Å². The monoisotopic (exact) mass is 526 g/mol. The third-order valence-corrected chi connectivity index (χ3v) is 6.13. The van der Waals surface area contributed by atoms with Gasteiger partial charge in [0, 0.05) is 30.9 Å². The highest BCUT2D eigenvalue weighted by molar-refractivity contribution is 5.98. The number of likely N-dealkylation sites (N-methyl/N-ethyl adjacent to an activating group) is 1. The second kappa shape index (κ2) is 11.2. The third-order valence-electron chi connectivity index (χ3n) is 6.13. The number of fused-ring (bicyclic) bond motifs is 1. The number of imidazole rings is 1. The van der Waals surface area contributed by atoms with E-state index in [1.165, 1.54) is 12.1 Å². The maximum absolute atomic E-state index is 13.7. The number of carbonyl (C=O) groups excluding carboxylic acids is 1. The zero-order valence-electron chi connectivity index (χ0n) is 21.5. The predicted molar refractivity (Wildman–Crippen MR) is 146 cm³/mol. The summed E-state index contributed by atoms with van der Waals surface area (Å²) < 4.78 is 21.3. The van der Waals surface area contributed by atoms with Crippen molar-refractivity contribution < 1.29 is 13.9 Å². The topological polar surface area (TPSA) is 133 Å². The number of hydrogen-bond donors (Lipinski definition) is 3. The number of rotatable bonds is 9. The zero-order valence-corrected chi connectivity index (χ0v) is 21.5. The van der Waals surface area contributed by atoms with E-state index in [1.807, 2.05) is 36.9 Å². The Hall–Kier alpha value is -4.90. The molecule has 39 heavy (non-hydrogen) atoms. The van der Waals surface area contributed by atoms with Gasteiger partial charge in [-0.2, -0.15) is 0 Å². The van der Waals surface area contributed by atoms with Crippen molar-refractivity contribution in [1.29, 1.82) is 0 Å². The summed E-state index contributed by atoms with van der Waals surface area (Å²) in [6.07, 6.45) is 3.35. The molecule has 0 aliphatic rings. The number of nitrogens with one attached hydrogen (secondary N) is 2. The second-order valence-electron chi connectivity index (χ2n) is 8.80. The summed E-state index contributed by atoms with van der Waals surface area (Å²) in [7, 11) is 3.73. The van der Waals surface area contributed by atoms with Crippen LogP contribution in [0.25, 0.3) is 33.5 Å². The van der Waals surface area contributed by atoms with Gasteiger partial charge in [0.1, 0.15) is 23.9 Å². The smallest absolute Gasteiger partial charge is 0.274 e. The average molecular weight is 527 g/mol. The van der Waals surface area contributed by atoms with Crippen LogP contribution in [-0.4, -0.2) is 50.6 Å². The largest absolute Gasteiger partial charge is 0.490 e. The molecule has 10 nitrogen and oxygen atoms in total. The molecule has 2 aromatic carbocycles. The zero-order chi connectivity index (χ0) is 27.4. The molecule has 0 unspecified atom stereocenters. The van der Waals surface area contributed by atoms with Crippen LogP contribution in [0, 0.1) is 5.82 Å². The number of hydrogen-bond acceptors (Lipinski definition) is 8. The highest BCUT2D eigenvalue weighted by Gasteiger charge is 2.21. The Bertz CT molecular complexity index is 1640. The second-order valence-corrected chi connectivity index (χ2v) is 8.80. The molecule has 0 radical (unpaired) electrons. The first-order valence-electron chi connectivity index (χ1n) is 12.3. The molecule has 0 spiro atoms. The van der Waals surface area contributed by atoms with Crippen LogP contribution < -0.4 is 21.1 Å². The molecule has 1 amide bonds. The minimum atomic E-state index is -0.514. The standard InChI is InChI=1S/C28H27FN8O2/c1-31-12-13-39-23-4-3-11-32-21(23)15-33-28(38)26-27(30)36-24(17-5-8-19(29)9-6-17)25(35-26)18-7-10-20-22(14-18)37(2)16-34-20/h3-11,14,16,31H,12-13,15H2,1-2H3,(H2,30,36)(H,33,38). The van der Waals surface area contributed by atoms with E-state index < -0.39 is 5.91 Å². The van der Waals surface area contributed by atoms with E-state index in [-0.39, 0.29) is 23.9 Å². The molecule has 0 aliphatic carbocycles. The summed E-state index contributed by atoms with van der Waals surface area (Å²) in [6.45, 7) is 1.23. The molecule has 5 rings (SSSR count). The van der Waals surface area contributed by atoms with Crippen molar-refractivity contribution >= 4 is 22.8 Å². The van der Waals surface area contributed by atoms with Gasteiger partial charge in [0.25, 0.3) is 5.91 Å². The molecule has 5 aromatic rings. The lowest BCUT2D eigenvalue weighted by Gasteiger charge is -2.14. The molecule has 0 fully saturated rings. The van der Waals surface area contributed by atoms with Gasteiger partial charge in [0.2, 0.25) is 0 Å². The highest BCUT2D eigenvalue weighted by Crippen LogP contribution is 2.32. The molecule has 11 heteroatoms. The van der Waals surface area contributed by atoms with E-state index in [4.69, 9.17) is 10.5 Å². The minimum Gasteiger partial charge on any atom is -0.490 e. The predicted octanol–water partition coefficient (Wildman–Crippen LogP) is 3.34. The lowest BCUT2D eigenvalue weighted by Crippen LogP contribution is -2.26. The number of ether oxygens (including phenoxy) is 1. The number of halogens is 1. The van der Waals surface area contributed by atoms with Crippen molar-refractivity contribution in [2.45, 2.75) is 6.54 Å². The van der Waals surface area contributed by atoms with Crippen molar-refractivity contribution in [1.82, 2.24) is 35.1 Å². The van der Waals surface area contributed by atoms with E-state index in [1.54, 1.807) is 36.8 Å². The maximum Gasteiger partial charge on any atom is 0.274 e. The third kappa shape index (κ3) is 5.53. The van der Waals surface area contributed by atoms with Crippen LogP contribution in [0.1, 0.15) is 16.2 Å². The Morgan fingerprint density at radius 1 is 1.05 bits per heavy atom. The number of anilines is 1. The summed E-state index contributed by atoms with van der Waals surface area (Å²) in [5.41, 5.74) is 10.6. The van der Waals surface area contributed by atoms with Crippen LogP contribution in [0.2, 0.25) is 0 Å². The molecular formula is C28H27FN8O2. The summed E-state index contributed by atoms with van der Waals surface area (Å²) in [4.78, 5) is 31.2. The van der Waals surface area contributed by atoms with Gasteiger partial charge in [-0.1, -0.05) is 6.07 Å². The van der Waals surface area contributed by atoms with Crippen molar-refractivity contribution in [3.05, 3.63) is 84.3 Å². The number of benzene rings is 2. The first-order chi connectivity index (χ1) is 18.9. The summed E-state index contributed by atoms with van der Waals surface area (Å²) >= 11 is 0. The number of aryl methyl sites for hydroxylation is 1. The Morgan fingerprint density at radius 2 is 1.82 bits per heavy atom. The molecule has 4 N–H and O–H groups in total. The molecule has 0 aliphatic heterocycles. The van der Waals surface area contributed by atoms with Gasteiger partial charge in [-0.3, -0.25) is 9.78 Å². The van der Waals surface area contributed by atoms with Crippen molar-refractivity contribution in [3.8, 4) is 28.3 Å². The van der Waals surface area contributed by atoms with E-state index in [0.29, 0.717) is 47.1 Å². The van der Waals surface area contributed by atoms with Gasteiger partial charge >= 0.3 is 0 Å². The van der Waals surface area contributed by atoms with E-state index in [0.717, 1.165) is 11.0 Å². The Labute approximate surface area is 224 Å².